The summed E-state index contributed by atoms with van der Waals surface area (Å²) in [4.78, 5) is 2.76. The van der Waals surface area contributed by atoms with Gasteiger partial charge in [0.1, 0.15) is 0 Å². The SMILES string of the molecule is CCc1ccc(C2(N3CCCC3)CCNCC2)cc1. The normalized spacial score (nSPS) is 23.6. The fourth-order valence-corrected chi connectivity index (χ4v) is 3.82. The number of aryl methyl sites for hydroxylation is 1. The molecule has 0 unspecified atom stereocenters. The molecule has 2 nitrogen and oxygen atoms in total. The van der Waals surface area contributed by atoms with E-state index < -0.39 is 0 Å². The van der Waals surface area contributed by atoms with Crippen LogP contribution in [0.3, 0.4) is 0 Å². The van der Waals surface area contributed by atoms with Gasteiger partial charge in [-0.15, -0.1) is 0 Å². The van der Waals surface area contributed by atoms with Crippen molar-refractivity contribution < 1.29 is 0 Å². The number of hydrogen-bond donors (Lipinski definition) is 1. The summed E-state index contributed by atoms with van der Waals surface area (Å²) in [6.45, 7) is 7.12. The van der Waals surface area contributed by atoms with Gasteiger partial charge in [-0.2, -0.15) is 0 Å². The Kier molecular flexibility index (Phi) is 3.90. The molecule has 0 atom stereocenters. The average Bonchev–Trinajstić information content (AvgIpc) is 3.03. The molecule has 2 aliphatic heterocycles. The molecule has 2 saturated heterocycles. The Morgan fingerprint density at radius 2 is 1.68 bits per heavy atom. The monoisotopic (exact) mass is 258 g/mol. The zero-order valence-corrected chi connectivity index (χ0v) is 12.1. The minimum Gasteiger partial charge on any atom is -0.317 e. The maximum absolute atomic E-state index is 3.53. The molecule has 1 N–H and O–H groups in total. The first-order chi connectivity index (χ1) is 9.35. The van der Waals surface area contributed by atoms with Gasteiger partial charge in [-0.05, 0) is 69.4 Å². The first-order valence-corrected chi connectivity index (χ1v) is 7.90. The number of piperidine rings is 1. The van der Waals surface area contributed by atoms with Crippen molar-refractivity contribution >= 4 is 0 Å². The van der Waals surface area contributed by atoms with Gasteiger partial charge in [-0.1, -0.05) is 31.2 Å². The Labute approximate surface area is 117 Å². The number of rotatable bonds is 3. The summed E-state index contributed by atoms with van der Waals surface area (Å²) in [6, 6.07) is 9.44. The second-order valence-corrected chi connectivity index (χ2v) is 6.03. The Morgan fingerprint density at radius 1 is 1.05 bits per heavy atom. The summed E-state index contributed by atoms with van der Waals surface area (Å²) in [6.07, 6.45) is 6.42. The first-order valence-electron chi connectivity index (χ1n) is 7.90. The number of nitrogens with one attached hydrogen (secondary N) is 1. The zero-order valence-electron chi connectivity index (χ0n) is 12.1. The molecule has 1 aromatic rings. The lowest BCUT2D eigenvalue weighted by molar-refractivity contribution is 0.0777. The Balaban J connectivity index is 1.92. The topological polar surface area (TPSA) is 15.3 Å². The third kappa shape index (κ3) is 2.44. The van der Waals surface area contributed by atoms with E-state index in [1.54, 1.807) is 5.56 Å². The van der Waals surface area contributed by atoms with Crippen LogP contribution in [-0.4, -0.2) is 31.1 Å². The van der Waals surface area contributed by atoms with E-state index in [0.717, 1.165) is 19.5 Å². The summed E-state index contributed by atoms with van der Waals surface area (Å²) in [5.41, 5.74) is 3.32. The summed E-state index contributed by atoms with van der Waals surface area (Å²) >= 11 is 0. The molecule has 0 spiro atoms. The van der Waals surface area contributed by atoms with Gasteiger partial charge in [0, 0.05) is 5.54 Å². The van der Waals surface area contributed by atoms with Crippen LogP contribution in [-0.2, 0) is 12.0 Å². The van der Waals surface area contributed by atoms with Crippen LogP contribution in [0.4, 0.5) is 0 Å². The van der Waals surface area contributed by atoms with Gasteiger partial charge in [-0.3, -0.25) is 4.90 Å². The van der Waals surface area contributed by atoms with E-state index in [4.69, 9.17) is 0 Å². The predicted octanol–water partition coefficient (Wildman–Crippen LogP) is 2.92. The van der Waals surface area contributed by atoms with Gasteiger partial charge in [0.15, 0.2) is 0 Å². The quantitative estimate of drug-likeness (QED) is 0.897. The number of nitrogens with zero attached hydrogens (tertiary/aromatic N) is 1. The van der Waals surface area contributed by atoms with Crippen molar-refractivity contribution in [2.75, 3.05) is 26.2 Å². The van der Waals surface area contributed by atoms with Crippen LogP contribution in [0.15, 0.2) is 24.3 Å². The third-order valence-electron chi connectivity index (χ3n) is 5.04. The fourth-order valence-electron chi connectivity index (χ4n) is 3.82. The predicted molar refractivity (Wildman–Crippen MR) is 80.4 cm³/mol. The molecular weight excluding hydrogens is 232 g/mol. The lowest BCUT2D eigenvalue weighted by atomic mass is 9.79. The van der Waals surface area contributed by atoms with E-state index >= 15 is 0 Å². The minimum absolute atomic E-state index is 0.314. The van der Waals surface area contributed by atoms with Crippen LogP contribution < -0.4 is 5.32 Å². The Morgan fingerprint density at radius 3 is 2.26 bits per heavy atom. The molecule has 0 bridgehead atoms. The van der Waals surface area contributed by atoms with E-state index in [0.29, 0.717) is 5.54 Å². The summed E-state index contributed by atoms with van der Waals surface area (Å²) in [5, 5.41) is 3.53. The molecule has 0 aromatic heterocycles. The lowest BCUT2D eigenvalue weighted by Crippen LogP contribution is -2.51. The molecule has 0 amide bonds. The smallest absolute Gasteiger partial charge is 0.0484 e. The molecule has 2 heteroatoms. The van der Waals surface area contributed by atoms with Gasteiger partial charge >= 0.3 is 0 Å². The lowest BCUT2D eigenvalue weighted by Gasteiger charge is -2.45. The van der Waals surface area contributed by atoms with Crippen LogP contribution in [0.1, 0.15) is 43.7 Å². The highest BCUT2D eigenvalue weighted by molar-refractivity contribution is 5.30. The van der Waals surface area contributed by atoms with Gasteiger partial charge in [-0.25, -0.2) is 0 Å². The van der Waals surface area contributed by atoms with Crippen LogP contribution in [0, 0.1) is 0 Å². The molecule has 2 heterocycles. The molecule has 1 aromatic carbocycles. The number of likely N-dealkylation sites (tertiary alicyclic amines) is 1. The number of benzene rings is 1. The standard InChI is InChI=1S/C17H26N2/c1-2-15-5-7-16(8-6-15)17(9-11-18-12-10-17)19-13-3-4-14-19/h5-8,18H,2-4,9-14H2,1H3. The van der Waals surface area contributed by atoms with E-state index in [-0.39, 0.29) is 0 Å². The Bertz CT molecular complexity index is 398. The summed E-state index contributed by atoms with van der Waals surface area (Å²) in [7, 11) is 0. The van der Waals surface area contributed by atoms with E-state index in [2.05, 4.69) is 41.4 Å². The van der Waals surface area contributed by atoms with Gasteiger partial charge in [0.25, 0.3) is 0 Å². The molecule has 2 aliphatic rings. The van der Waals surface area contributed by atoms with Crippen molar-refractivity contribution in [3.63, 3.8) is 0 Å². The number of hydrogen-bond acceptors (Lipinski definition) is 2. The maximum Gasteiger partial charge on any atom is 0.0484 e. The van der Waals surface area contributed by atoms with Crippen LogP contribution in [0.25, 0.3) is 0 Å². The zero-order chi connectivity index (χ0) is 13.1. The van der Waals surface area contributed by atoms with Crippen molar-refractivity contribution in [1.29, 1.82) is 0 Å². The fraction of sp³-hybridized carbons (Fsp3) is 0.647. The molecule has 0 saturated carbocycles. The molecular formula is C17H26N2. The molecule has 0 aliphatic carbocycles. The highest BCUT2D eigenvalue weighted by atomic mass is 15.2. The van der Waals surface area contributed by atoms with Crippen LogP contribution in [0.5, 0.6) is 0 Å². The van der Waals surface area contributed by atoms with E-state index in [1.807, 2.05) is 0 Å². The van der Waals surface area contributed by atoms with Crippen molar-refractivity contribution in [2.24, 2.45) is 0 Å². The molecule has 104 valence electrons. The van der Waals surface area contributed by atoms with E-state index in [1.165, 1.54) is 44.3 Å². The molecule has 19 heavy (non-hydrogen) atoms. The highest BCUT2D eigenvalue weighted by Crippen LogP contribution is 2.39. The summed E-state index contributed by atoms with van der Waals surface area (Å²) in [5.74, 6) is 0. The van der Waals surface area contributed by atoms with Gasteiger partial charge in [0.2, 0.25) is 0 Å². The average molecular weight is 258 g/mol. The van der Waals surface area contributed by atoms with Gasteiger partial charge in [0.05, 0.1) is 0 Å². The third-order valence-corrected chi connectivity index (χ3v) is 5.04. The highest BCUT2D eigenvalue weighted by Gasteiger charge is 2.40. The van der Waals surface area contributed by atoms with Crippen LogP contribution in [0.2, 0.25) is 0 Å². The maximum atomic E-state index is 3.53. The Hall–Kier alpha value is -0.860. The first kappa shape index (κ1) is 13.1. The van der Waals surface area contributed by atoms with Crippen molar-refractivity contribution in [1.82, 2.24) is 10.2 Å². The van der Waals surface area contributed by atoms with Crippen molar-refractivity contribution in [2.45, 2.75) is 44.6 Å². The minimum atomic E-state index is 0.314. The van der Waals surface area contributed by atoms with Crippen molar-refractivity contribution in [3.05, 3.63) is 35.4 Å². The molecule has 2 fully saturated rings. The largest absolute Gasteiger partial charge is 0.317 e. The second kappa shape index (κ2) is 5.64. The molecule has 3 rings (SSSR count). The molecule has 0 radical (unpaired) electrons. The second-order valence-electron chi connectivity index (χ2n) is 6.03. The van der Waals surface area contributed by atoms with Gasteiger partial charge < -0.3 is 5.32 Å². The van der Waals surface area contributed by atoms with Crippen molar-refractivity contribution in [3.8, 4) is 0 Å². The summed E-state index contributed by atoms with van der Waals surface area (Å²) < 4.78 is 0. The van der Waals surface area contributed by atoms with E-state index in [9.17, 15) is 0 Å². The van der Waals surface area contributed by atoms with Crippen LogP contribution >= 0.6 is 0 Å².